The predicted octanol–water partition coefficient (Wildman–Crippen LogP) is 2.81. The molecule has 152 valence electrons. The van der Waals surface area contributed by atoms with Crippen LogP contribution < -0.4 is 5.32 Å². The van der Waals surface area contributed by atoms with Crippen molar-refractivity contribution in [3.63, 3.8) is 0 Å². The Kier molecular flexibility index (Phi) is 5.00. The van der Waals surface area contributed by atoms with Gasteiger partial charge in [-0.2, -0.15) is 0 Å². The lowest BCUT2D eigenvalue weighted by Gasteiger charge is -2.29. The summed E-state index contributed by atoms with van der Waals surface area (Å²) < 4.78 is 9.98. The summed E-state index contributed by atoms with van der Waals surface area (Å²) in [6.07, 6.45) is 0. The van der Waals surface area contributed by atoms with Crippen LogP contribution in [-0.4, -0.2) is 45.9 Å². The average molecular weight is 399 g/mol. The largest absolute Gasteiger partial charge is 0.462 e. The van der Waals surface area contributed by atoms with Crippen molar-refractivity contribution in [2.75, 3.05) is 11.9 Å². The molecule has 29 heavy (non-hydrogen) atoms. The molecule has 0 aliphatic carbocycles. The number of benzene rings is 1. The van der Waals surface area contributed by atoms with E-state index in [1.54, 1.807) is 34.6 Å². The molecular weight excluding hydrogens is 378 g/mol. The molecule has 9 nitrogen and oxygen atoms in total. The minimum Gasteiger partial charge on any atom is -0.462 e. The normalized spacial score (nSPS) is 13.5. The van der Waals surface area contributed by atoms with Gasteiger partial charge in [-0.1, -0.05) is 5.16 Å². The third-order valence-corrected chi connectivity index (χ3v) is 4.39. The van der Waals surface area contributed by atoms with Crippen molar-refractivity contribution in [2.24, 2.45) is 0 Å². The van der Waals surface area contributed by atoms with Crippen molar-refractivity contribution in [3.8, 4) is 0 Å². The van der Waals surface area contributed by atoms with Gasteiger partial charge in [-0.05, 0) is 52.8 Å². The molecule has 0 radical (unpaired) electrons. The SMILES string of the molecule is CCOC(=O)c1c(C)noc1NC(=O)c1ccc2c(c1)C(=O)N(C(C)(C)C)C2=O. The molecule has 1 N–H and O–H groups in total. The van der Waals surface area contributed by atoms with E-state index in [4.69, 9.17) is 9.26 Å². The molecule has 0 saturated carbocycles. The molecule has 3 rings (SSSR count). The molecule has 0 bridgehead atoms. The van der Waals surface area contributed by atoms with Gasteiger partial charge in [-0.15, -0.1) is 0 Å². The molecule has 1 aliphatic heterocycles. The lowest BCUT2D eigenvalue weighted by atomic mass is 10.1. The molecular formula is C20H21N3O6. The molecule has 0 spiro atoms. The monoisotopic (exact) mass is 399 g/mol. The van der Waals surface area contributed by atoms with E-state index in [1.165, 1.54) is 18.2 Å². The number of rotatable bonds is 4. The number of amides is 3. The molecule has 1 aliphatic rings. The van der Waals surface area contributed by atoms with Gasteiger partial charge in [0.2, 0.25) is 5.88 Å². The van der Waals surface area contributed by atoms with E-state index in [9.17, 15) is 19.2 Å². The second-order valence-electron chi connectivity index (χ2n) is 7.52. The number of fused-ring (bicyclic) bond motifs is 1. The first-order valence-corrected chi connectivity index (χ1v) is 9.04. The maximum absolute atomic E-state index is 12.7. The van der Waals surface area contributed by atoms with Crippen LogP contribution in [0.5, 0.6) is 0 Å². The number of aromatic nitrogens is 1. The van der Waals surface area contributed by atoms with Crippen LogP contribution in [0.4, 0.5) is 5.88 Å². The van der Waals surface area contributed by atoms with Gasteiger partial charge in [0.05, 0.1) is 23.4 Å². The van der Waals surface area contributed by atoms with E-state index in [0.29, 0.717) is 0 Å². The molecule has 1 aromatic heterocycles. The van der Waals surface area contributed by atoms with Crippen LogP contribution in [0.25, 0.3) is 0 Å². The number of aryl methyl sites for hydroxylation is 1. The summed E-state index contributed by atoms with van der Waals surface area (Å²) in [6, 6.07) is 4.22. The first-order valence-electron chi connectivity index (χ1n) is 9.04. The Morgan fingerprint density at radius 3 is 2.45 bits per heavy atom. The van der Waals surface area contributed by atoms with Crippen LogP contribution in [0.3, 0.4) is 0 Å². The van der Waals surface area contributed by atoms with Gasteiger partial charge in [0, 0.05) is 11.1 Å². The zero-order chi connectivity index (χ0) is 21.5. The van der Waals surface area contributed by atoms with Gasteiger partial charge < -0.3 is 9.26 Å². The van der Waals surface area contributed by atoms with Gasteiger partial charge in [-0.3, -0.25) is 24.6 Å². The van der Waals surface area contributed by atoms with E-state index in [0.717, 1.165) is 4.90 Å². The van der Waals surface area contributed by atoms with Crippen LogP contribution in [0.1, 0.15) is 74.8 Å². The van der Waals surface area contributed by atoms with Crippen molar-refractivity contribution in [2.45, 2.75) is 40.2 Å². The number of anilines is 1. The topological polar surface area (TPSA) is 119 Å². The summed E-state index contributed by atoms with van der Waals surface area (Å²) in [5.74, 6) is -2.30. The zero-order valence-electron chi connectivity index (χ0n) is 16.8. The summed E-state index contributed by atoms with van der Waals surface area (Å²) in [6.45, 7) is 8.62. The summed E-state index contributed by atoms with van der Waals surface area (Å²) in [5, 5.41) is 6.15. The number of carbonyl (C=O) groups is 4. The fourth-order valence-corrected chi connectivity index (χ4v) is 3.07. The number of nitrogens with one attached hydrogen (secondary N) is 1. The molecule has 3 amide bonds. The second-order valence-corrected chi connectivity index (χ2v) is 7.52. The van der Waals surface area contributed by atoms with Gasteiger partial charge in [0.1, 0.15) is 5.56 Å². The summed E-state index contributed by atoms with van der Waals surface area (Å²) >= 11 is 0. The fourth-order valence-electron chi connectivity index (χ4n) is 3.07. The number of nitrogens with zero attached hydrogens (tertiary/aromatic N) is 2. The molecule has 1 aromatic carbocycles. The minimum atomic E-state index is -0.693. The van der Waals surface area contributed by atoms with E-state index in [2.05, 4.69) is 10.5 Å². The van der Waals surface area contributed by atoms with Crippen LogP contribution in [0, 0.1) is 6.92 Å². The Morgan fingerprint density at radius 1 is 1.17 bits per heavy atom. The Hall–Kier alpha value is -3.49. The predicted molar refractivity (Wildman–Crippen MR) is 102 cm³/mol. The van der Waals surface area contributed by atoms with Crippen molar-refractivity contribution in [1.82, 2.24) is 10.1 Å². The molecule has 0 unspecified atom stereocenters. The standard InChI is InChI=1S/C20H21N3O6/c1-6-28-19(27)14-10(2)22-29-16(14)21-15(24)11-7-8-12-13(9-11)18(26)23(17(12)25)20(3,4)5/h7-9H,6H2,1-5H3,(H,21,24). The number of imide groups is 1. The van der Waals surface area contributed by atoms with Crippen molar-refractivity contribution in [1.29, 1.82) is 0 Å². The average Bonchev–Trinajstić information content (AvgIpc) is 3.12. The van der Waals surface area contributed by atoms with Gasteiger partial charge in [-0.25, -0.2) is 4.79 Å². The lowest BCUT2D eigenvalue weighted by Crippen LogP contribution is -2.45. The van der Waals surface area contributed by atoms with Gasteiger partial charge >= 0.3 is 5.97 Å². The Balaban J connectivity index is 1.89. The first kappa shape index (κ1) is 20.2. The van der Waals surface area contributed by atoms with Gasteiger partial charge in [0.15, 0.2) is 0 Å². The third-order valence-electron chi connectivity index (χ3n) is 4.39. The number of esters is 1. The van der Waals surface area contributed by atoms with Crippen LogP contribution >= 0.6 is 0 Å². The maximum Gasteiger partial charge on any atom is 0.345 e. The maximum atomic E-state index is 12.7. The number of carbonyl (C=O) groups excluding carboxylic acids is 4. The van der Waals surface area contributed by atoms with E-state index in [-0.39, 0.29) is 40.4 Å². The van der Waals surface area contributed by atoms with Crippen molar-refractivity contribution in [3.05, 3.63) is 46.1 Å². The van der Waals surface area contributed by atoms with E-state index < -0.39 is 29.2 Å². The highest BCUT2D eigenvalue weighted by atomic mass is 16.5. The van der Waals surface area contributed by atoms with Crippen LogP contribution in [-0.2, 0) is 4.74 Å². The Morgan fingerprint density at radius 2 is 1.83 bits per heavy atom. The third kappa shape index (κ3) is 3.51. The highest BCUT2D eigenvalue weighted by Crippen LogP contribution is 2.30. The Labute approximate surface area is 167 Å². The molecule has 0 fully saturated rings. The van der Waals surface area contributed by atoms with E-state index in [1.807, 2.05) is 0 Å². The quantitative estimate of drug-likeness (QED) is 0.620. The molecule has 2 aromatic rings. The number of ether oxygens (including phenoxy) is 1. The summed E-state index contributed by atoms with van der Waals surface area (Å²) in [5.41, 5.74) is 0.119. The van der Waals surface area contributed by atoms with Crippen molar-refractivity contribution < 1.29 is 28.4 Å². The molecule has 9 heteroatoms. The lowest BCUT2D eigenvalue weighted by molar-refractivity contribution is 0.0500. The van der Waals surface area contributed by atoms with Crippen LogP contribution in [0.2, 0.25) is 0 Å². The van der Waals surface area contributed by atoms with Crippen molar-refractivity contribution >= 4 is 29.6 Å². The van der Waals surface area contributed by atoms with E-state index >= 15 is 0 Å². The minimum absolute atomic E-state index is 0.0199. The highest BCUT2D eigenvalue weighted by molar-refractivity contribution is 6.22. The first-order chi connectivity index (χ1) is 13.6. The molecule has 2 heterocycles. The number of hydrogen-bond acceptors (Lipinski definition) is 7. The van der Waals surface area contributed by atoms with Crippen LogP contribution in [0.15, 0.2) is 22.7 Å². The second kappa shape index (κ2) is 7.16. The highest BCUT2D eigenvalue weighted by Gasteiger charge is 2.42. The Bertz CT molecular complexity index is 1030. The fraction of sp³-hybridized carbons (Fsp3) is 0.350. The zero-order valence-corrected chi connectivity index (χ0v) is 16.8. The molecule has 0 saturated heterocycles. The number of hydrogen-bond donors (Lipinski definition) is 1. The smallest absolute Gasteiger partial charge is 0.345 e. The summed E-state index contributed by atoms with van der Waals surface area (Å²) in [7, 11) is 0. The summed E-state index contributed by atoms with van der Waals surface area (Å²) in [4.78, 5) is 51.1. The van der Waals surface area contributed by atoms with Gasteiger partial charge in [0.25, 0.3) is 17.7 Å². The molecule has 0 atom stereocenters.